The topological polar surface area (TPSA) is 39.2 Å². The fourth-order valence-electron chi connectivity index (χ4n) is 3.82. The second-order valence-electron chi connectivity index (χ2n) is 6.58. The van der Waals surface area contributed by atoms with Crippen molar-refractivity contribution in [2.45, 2.75) is 25.2 Å². The number of halogens is 1. The zero-order chi connectivity index (χ0) is 18.3. The third kappa shape index (κ3) is 2.54. The van der Waals surface area contributed by atoms with E-state index in [0.717, 1.165) is 27.8 Å². The first-order chi connectivity index (χ1) is 12.5. The minimum atomic E-state index is -0.951. The van der Waals surface area contributed by atoms with Gasteiger partial charge in [-0.3, -0.25) is 4.79 Å². The molecule has 5 heteroatoms. The van der Waals surface area contributed by atoms with Gasteiger partial charge in [0.1, 0.15) is 11.2 Å². The van der Waals surface area contributed by atoms with Gasteiger partial charge in [0.05, 0.1) is 22.8 Å². The number of ether oxygens (including phenoxy) is 1. The number of carbonyl (C=O) groups excluding carboxylic acids is 1. The molecule has 0 saturated carbocycles. The molecule has 3 aromatic rings. The monoisotopic (exact) mass is 367 g/mol. The highest BCUT2D eigenvalue weighted by atomic mass is 32.1. The van der Waals surface area contributed by atoms with Crippen molar-refractivity contribution < 1.29 is 13.9 Å². The molecule has 132 valence electrons. The average Bonchev–Trinajstić information content (AvgIpc) is 3.30. The Kier molecular flexibility index (Phi) is 4.11. The highest BCUT2D eigenvalue weighted by molar-refractivity contribution is 7.16. The number of benzene rings is 2. The number of nitrogens with zero attached hydrogens (tertiary/aromatic N) is 1. The summed E-state index contributed by atoms with van der Waals surface area (Å²) in [7, 11) is 1.38. The van der Waals surface area contributed by atoms with Gasteiger partial charge in [-0.25, -0.2) is 9.37 Å². The number of hydrogen-bond acceptors (Lipinski definition) is 4. The molecule has 2 aromatic carbocycles. The number of fused-ring (bicyclic) bond motifs is 1. The van der Waals surface area contributed by atoms with Gasteiger partial charge in [0.25, 0.3) is 0 Å². The van der Waals surface area contributed by atoms with E-state index in [4.69, 9.17) is 4.74 Å². The summed E-state index contributed by atoms with van der Waals surface area (Å²) in [5, 5.41) is 0. The smallest absolute Gasteiger partial charge is 0.320 e. The minimum absolute atomic E-state index is 0.309. The van der Waals surface area contributed by atoms with Crippen LogP contribution >= 0.6 is 11.3 Å². The summed E-state index contributed by atoms with van der Waals surface area (Å²) >= 11 is 1.60. The van der Waals surface area contributed by atoms with Crippen LogP contribution in [-0.2, 0) is 14.9 Å². The lowest BCUT2D eigenvalue weighted by Gasteiger charge is -2.26. The van der Waals surface area contributed by atoms with Gasteiger partial charge in [0, 0.05) is 0 Å². The highest BCUT2D eigenvalue weighted by Gasteiger charge is 2.44. The van der Waals surface area contributed by atoms with Gasteiger partial charge in [-0.05, 0) is 60.2 Å². The van der Waals surface area contributed by atoms with Crippen LogP contribution in [0, 0.1) is 12.7 Å². The highest BCUT2D eigenvalue weighted by Crippen LogP contribution is 2.45. The normalized spacial score (nSPS) is 19.6. The van der Waals surface area contributed by atoms with Gasteiger partial charge >= 0.3 is 5.97 Å². The Morgan fingerprint density at radius 3 is 2.96 bits per heavy atom. The summed E-state index contributed by atoms with van der Waals surface area (Å²) in [6.45, 7) is 1.71. The summed E-state index contributed by atoms with van der Waals surface area (Å²) in [5.41, 5.74) is 5.10. The number of esters is 1. The van der Waals surface area contributed by atoms with Crippen molar-refractivity contribution in [1.29, 1.82) is 0 Å². The lowest BCUT2D eigenvalue weighted by Crippen LogP contribution is -2.34. The van der Waals surface area contributed by atoms with E-state index < -0.39 is 5.41 Å². The Bertz CT molecular complexity index is 1040. The van der Waals surface area contributed by atoms with E-state index in [1.165, 1.54) is 13.2 Å². The van der Waals surface area contributed by atoms with E-state index >= 15 is 0 Å². The molecule has 1 atom stereocenters. The quantitative estimate of drug-likeness (QED) is 0.609. The maximum Gasteiger partial charge on any atom is 0.320 e. The lowest BCUT2D eigenvalue weighted by atomic mass is 9.77. The standard InChI is InChI=1S/C21H18FNO2S/c1-13-16(4-3-5-17(13)22)21(20(24)25-2)9-8-15(11-21)14-6-7-19-18(10-14)23-12-26-19/h3-7,10-12H,8-9H2,1-2H3/t21-/m0/s1. The third-order valence-electron chi connectivity index (χ3n) is 5.21. The van der Waals surface area contributed by atoms with Gasteiger partial charge in [0.2, 0.25) is 0 Å². The largest absolute Gasteiger partial charge is 0.468 e. The molecular formula is C21H18FNO2S. The van der Waals surface area contributed by atoms with E-state index in [1.807, 2.05) is 23.7 Å². The van der Waals surface area contributed by atoms with Crippen LogP contribution in [0.15, 0.2) is 48.0 Å². The molecule has 26 heavy (non-hydrogen) atoms. The number of hydrogen-bond donors (Lipinski definition) is 0. The molecule has 0 aliphatic heterocycles. The molecule has 0 amide bonds. The summed E-state index contributed by atoms with van der Waals surface area (Å²) < 4.78 is 20.4. The van der Waals surface area contributed by atoms with Crippen LogP contribution in [0.5, 0.6) is 0 Å². The van der Waals surface area contributed by atoms with E-state index in [0.29, 0.717) is 17.5 Å². The molecule has 1 aliphatic carbocycles. The second-order valence-corrected chi connectivity index (χ2v) is 7.47. The molecule has 0 fully saturated rings. The van der Waals surface area contributed by atoms with Gasteiger partial charge < -0.3 is 4.74 Å². The number of aromatic nitrogens is 1. The number of rotatable bonds is 3. The van der Waals surface area contributed by atoms with Crippen LogP contribution < -0.4 is 0 Å². The molecule has 4 rings (SSSR count). The van der Waals surface area contributed by atoms with E-state index in [9.17, 15) is 9.18 Å². The van der Waals surface area contributed by atoms with E-state index in [2.05, 4.69) is 17.1 Å². The fraction of sp³-hybridized carbons (Fsp3) is 0.238. The summed E-state index contributed by atoms with van der Waals surface area (Å²) in [6.07, 6.45) is 3.24. The van der Waals surface area contributed by atoms with Crippen LogP contribution in [0.25, 0.3) is 15.8 Å². The van der Waals surface area contributed by atoms with Crippen LogP contribution in [0.2, 0.25) is 0 Å². The predicted octanol–water partition coefficient (Wildman–Crippen LogP) is 5.03. The molecular weight excluding hydrogens is 349 g/mol. The zero-order valence-corrected chi connectivity index (χ0v) is 15.4. The predicted molar refractivity (Wildman–Crippen MR) is 102 cm³/mol. The summed E-state index contributed by atoms with van der Waals surface area (Å²) in [4.78, 5) is 17.1. The second kappa shape index (κ2) is 6.32. The molecule has 1 heterocycles. The van der Waals surface area contributed by atoms with Crippen molar-refractivity contribution >= 4 is 33.1 Å². The lowest BCUT2D eigenvalue weighted by molar-refractivity contribution is -0.145. The van der Waals surface area contributed by atoms with Gasteiger partial charge in [-0.1, -0.05) is 24.3 Å². The fourth-order valence-corrected chi connectivity index (χ4v) is 4.47. The Morgan fingerprint density at radius 2 is 2.15 bits per heavy atom. The molecule has 0 spiro atoms. The molecule has 0 N–H and O–H groups in total. The average molecular weight is 367 g/mol. The summed E-state index contributed by atoms with van der Waals surface area (Å²) in [5.74, 6) is -0.660. The van der Waals surface area contributed by atoms with Crippen LogP contribution in [0.1, 0.15) is 29.5 Å². The minimum Gasteiger partial charge on any atom is -0.468 e. The first-order valence-corrected chi connectivity index (χ1v) is 9.32. The van der Waals surface area contributed by atoms with Crippen molar-refractivity contribution in [1.82, 2.24) is 4.98 Å². The van der Waals surface area contributed by atoms with Crippen molar-refractivity contribution in [2.75, 3.05) is 7.11 Å². The number of allylic oxidation sites excluding steroid dienone is 1. The molecule has 1 aliphatic rings. The van der Waals surface area contributed by atoms with Crippen LogP contribution in [0.4, 0.5) is 4.39 Å². The Balaban J connectivity index is 1.86. The Labute approximate surface area is 155 Å². The number of thiazole rings is 1. The van der Waals surface area contributed by atoms with Gasteiger partial charge in [-0.15, -0.1) is 11.3 Å². The van der Waals surface area contributed by atoms with Crippen molar-refractivity contribution in [2.24, 2.45) is 0 Å². The zero-order valence-electron chi connectivity index (χ0n) is 14.6. The molecule has 0 saturated heterocycles. The molecule has 1 aromatic heterocycles. The molecule has 0 bridgehead atoms. The SMILES string of the molecule is COC(=O)[C@]1(c2cccc(F)c2C)C=C(c2ccc3scnc3c2)CC1. The van der Waals surface area contributed by atoms with Crippen molar-refractivity contribution in [3.05, 3.63) is 70.5 Å². The summed E-state index contributed by atoms with van der Waals surface area (Å²) in [6, 6.07) is 11.0. The van der Waals surface area contributed by atoms with E-state index in [-0.39, 0.29) is 11.8 Å². The molecule has 0 unspecified atom stereocenters. The Morgan fingerprint density at radius 1 is 1.31 bits per heavy atom. The maximum absolute atomic E-state index is 14.1. The van der Waals surface area contributed by atoms with Crippen LogP contribution in [-0.4, -0.2) is 18.1 Å². The maximum atomic E-state index is 14.1. The van der Waals surface area contributed by atoms with Crippen LogP contribution in [0.3, 0.4) is 0 Å². The number of carbonyl (C=O) groups is 1. The van der Waals surface area contributed by atoms with Gasteiger partial charge in [0.15, 0.2) is 0 Å². The Hall–Kier alpha value is -2.53. The van der Waals surface area contributed by atoms with Gasteiger partial charge in [-0.2, -0.15) is 0 Å². The first-order valence-electron chi connectivity index (χ1n) is 8.44. The molecule has 0 radical (unpaired) electrons. The number of methoxy groups -OCH3 is 1. The van der Waals surface area contributed by atoms with Crippen molar-refractivity contribution in [3.8, 4) is 0 Å². The van der Waals surface area contributed by atoms with E-state index in [1.54, 1.807) is 24.3 Å². The van der Waals surface area contributed by atoms with Crippen molar-refractivity contribution in [3.63, 3.8) is 0 Å². The molecule has 3 nitrogen and oxygen atoms in total. The third-order valence-corrected chi connectivity index (χ3v) is 6.02. The first kappa shape index (κ1) is 16.9.